The summed E-state index contributed by atoms with van der Waals surface area (Å²) in [7, 11) is 0. The summed E-state index contributed by atoms with van der Waals surface area (Å²) in [6.45, 7) is 7.05. The lowest BCUT2D eigenvalue weighted by atomic mass is 9.94. The van der Waals surface area contributed by atoms with Crippen LogP contribution in [0.25, 0.3) is 0 Å². The van der Waals surface area contributed by atoms with Crippen molar-refractivity contribution >= 4 is 0 Å². The molecule has 1 aromatic carbocycles. The van der Waals surface area contributed by atoms with Gasteiger partial charge >= 0.3 is 0 Å². The Balaban J connectivity index is 2.01. The van der Waals surface area contributed by atoms with Crippen molar-refractivity contribution in [2.24, 2.45) is 11.7 Å². The molecule has 1 aromatic rings. The summed E-state index contributed by atoms with van der Waals surface area (Å²) in [5.41, 5.74) is 8.70. The number of aryl methyl sites for hydroxylation is 1. The number of rotatable bonds is 5. The SMILES string of the molecule is CCOc1ccc(C(N)CC2CCNC2)cc1C. The molecule has 2 unspecified atom stereocenters. The van der Waals surface area contributed by atoms with Crippen molar-refractivity contribution in [3.8, 4) is 5.75 Å². The highest BCUT2D eigenvalue weighted by atomic mass is 16.5. The van der Waals surface area contributed by atoms with Crippen molar-refractivity contribution in [1.82, 2.24) is 5.32 Å². The van der Waals surface area contributed by atoms with E-state index in [1.54, 1.807) is 0 Å². The molecule has 1 aliphatic heterocycles. The van der Waals surface area contributed by atoms with Gasteiger partial charge in [0, 0.05) is 6.04 Å². The third-order valence-electron chi connectivity index (χ3n) is 3.68. The second kappa shape index (κ2) is 6.21. The molecule has 0 radical (unpaired) electrons. The van der Waals surface area contributed by atoms with Gasteiger partial charge in [0.1, 0.15) is 5.75 Å². The highest BCUT2D eigenvalue weighted by molar-refractivity contribution is 5.37. The van der Waals surface area contributed by atoms with Crippen LogP contribution in [0.3, 0.4) is 0 Å². The largest absolute Gasteiger partial charge is 0.494 e. The van der Waals surface area contributed by atoms with E-state index in [-0.39, 0.29) is 6.04 Å². The Morgan fingerprint density at radius 2 is 2.33 bits per heavy atom. The summed E-state index contributed by atoms with van der Waals surface area (Å²) in [6, 6.07) is 6.45. The predicted octanol–water partition coefficient (Wildman–Crippen LogP) is 2.39. The number of hydrogen-bond donors (Lipinski definition) is 2. The van der Waals surface area contributed by atoms with E-state index in [0.29, 0.717) is 6.61 Å². The zero-order chi connectivity index (χ0) is 13.0. The molecule has 2 atom stereocenters. The molecule has 3 heteroatoms. The summed E-state index contributed by atoms with van der Waals surface area (Å²) in [5.74, 6) is 1.70. The number of nitrogens with one attached hydrogen (secondary N) is 1. The molecule has 18 heavy (non-hydrogen) atoms. The molecule has 0 aliphatic carbocycles. The molecular weight excluding hydrogens is 224 g/mol. The third kappa shape index (κ3) is 3.24. The van der Waals surface area contributed by atoms with E-state index < -0.39 is 0 Å². The minimum atomic E-state index is 0.143. The van der Waals surface area contributed by atoms with Crippen LogP contribution in [0, 0.1) is 12.8 Å². The first kappa shape index (κ1) is 13.4. The normalized spacial score (nSPS) is 20.9. The number of benzene rings is 1. The van der Waals surface area contributed by atoms with Gasteiger partial charge in [-0.2, -0.15) is 0 Å². The van der Waals surface area contributed by atoms with Crippen LogP contribution in [0.15, 0.2) is 18.2 Å². The molecule has 1 fully saturated rings. The molecule has 0 spiro atoms. The van der Waals surface area contributed by atoms with Gasteiger partial charge < -0.3 is 15.8 Å². The fourth-order valence-corrected chi connectivity index (χ4v) is 2.63. The molecule has 0 aromatic heterocycles. The second-order valence-corrected chi connectivity index (χ2v) is 5.16. The van der Waals surface area contributed by atoms with E-state index in [0.717, 1.165) is 31.2 Å². The molecule has 3 nitrogen and oxygen atoms in total. The first-order valence-electron chi connectivity index (χ1n) is 6.90. The van der Waals surface area contributed by atoms with Crippen LogP contribution in [0.1, 0.15) is 36.9 Å². The highest BCUT2D eigenvalue weighted by Crippen LogP contribution is 2.26. The summed E-state index contributed by atoms with van der Waals surface area (Å²) >= 11 is 0. The van der Waals surface area contributed by atoms with Gasteiger partial charge in [-0.3, -0.25) is 0 Å². The van der Waals surface area contributed by atoms with Crippen molar-refractivity contribution in [3.63, 3.8) is 0 Å². The molecule has 1 aliphatic rings. The minimum absolute atomic E-state index is 0.143. The van der Waals surface area contributed by atoms with Gasteiger partial charge in [-0.1, -0.05) is 12.1 Å². The van der Waals surface area contributed by atoms with Crippen LogP contribution >= 0.6 is 0 Å². The summed E-state index contributed by atoms with van der Waals surface area (Å²) in [6.07, 6.45) is 2.32. The molecule has 0 saturated carbocycles. The lowest BCUT2D eigenvalue weighted by Gasteiger charge is -2.17. The Kier molecular flexibility index (Phi) is 4.61. The summed E-state index contributed by atoms with van der Waals surface area (Å²) in [4.78, 5) is 0. The molecule has 100 valence electrons. The maximum absolute atomic E-state index is 6.30. The van der Waals surface area contributed by atoms with Gasteiger partial charge in [0.25, 0.3) is 0 Å². The summed E-state index contributed by atoms with van der Waals surface area (Å²) in [5, 5.41) is 3.39. The quantitative estimate of drug-likeness (QED) is 0.841. The standard InChI is InChI=1S/C15H24N2O/c1-3-18-15-5-4-13(8-11(15)2)14(16)9-12-6-7-17-10-12/h4-5,8,12,14,17H,3,6-7,9-10,16H2,1-2H3. The van der Waals surface area contributed by atoms with Crippen molar-refractivity contribution in [1.29, 1.82) is 0 Å². The van der Waals surface area contributed by atoms with Crippen molar-refractivity contribution < 1.29 is 4.74 Å². The average Bonchev–Trinajstić information content (AvgIpc) is 2.84. The smallest absolute Gasteiger partial charge is 0.122 e. The first-order chi connectivity index (χ1) is 8.70. The maximum Gasteiger partial charge on any atom is 0.122 e. The van der Waals surface area contributed by atoms with E-state index in [1.165, 1.54) is 17.5 Å². The molecule has 1 heterocycles. The zero-order valence-electron chi connectivity index (χ0n) is 11.4. The Morgan fingerprint density at radius 3 is 2.94 bits per heavy atom. The van der Waals surface area contributed by atoms with Crippen molar-refractivity contribution in [3.05, 3.63) is 29.3 Å². The van der Waals surface area contributed by atoms with E-state index in [2.05, 4.69) is 24.4 Å². The van der Waals surface area contributed by atoms with Crippen LogP contribution in [0.4, 0.5) is 0 Å². The highest BCUT2D eigenvalue weighted by Gasteiger charge is 2.19. The van der Waals surface area contributed by atoms with Gasteiger partial charge in [-0.05, 0) is 62.9 Å². The van der Waals surface area contributed by atoms with Crippen LogP contribution in [-0.4, -0.2) is 19.7 Å². The molecule has 0 amide bonds. The first-order valence-corrected chi connectivity index (χ1v) is 6.90. The average molecular weight is 248 g/mol. The van der Waals surface area contributed by atoms with E-state index in [4.69, 9.17) is 10.5 Å². The van der Waals surface area contributed by atoms with E-state index in [9.17, 15) is 0 Å². The lowest BCUT2D eigenvalue weighted by molar-refractivity contribution is 0.337. The predicted molar refractivity (Wildman–Crippen MR) is 74.9 cm³/mol. The van der Waals surface area contributed by atoms with E-state index >= 15 is 0 Å². The zero-order valence-corrected chi connectivity index (χ0v) is 11.4. The van der Waals surface area contributed by atoms with Crippen LogP contribution in [0.5, 0.6) is 5.75 Å². The van der Waals surface area contributed by atoms with Gasteiger partial charge in [0.05, 0.1) is 6.61 Å². The second-order valence-electron chi connectivity index (χ2n) is 5.16. The van der Waals surface area contributed by atoms with Crippen LogP contribution in [0.2, 0.25) is 0 Å². The Hall–Kier alpha value is -1.06. The molecule has 3 N–H and O–H groups in total. The van der Waals surface area contributed by atoms with Gasteiger partial charge in [-0.25, -0.2) is 0 Å². The van der Waals surface area contributed by atoms with E-state index in [1.807, 2.05) is 13.0 Å². The van der Waals surface area contributed by atoms with Crippen molar-refractivity contribution in [2.75, 3.05) is 19.7 Å². The number of hydrogen-bond acceptors (Lipinski definition) is 3. The Morgan fingerprint density at radius 1 is 1.50 bits per heavy atom. The lowest BCUT2D eigenvalue weighted by Crippen LogP contribution is -2.17. The minimum Gasteiger partial charge on any atom is -0.494 e. The van der Waals surface area contributed by atoms with Gasteiger partial charge in [-0.15, -0.1) is 0 Å². The fraction of sp³-hybridized carbons (Fsp3) is 0.600. The Bertz CT molecular complexity index is 386. The topological polar surface area (TPSA) is 47.3 Å². The summed E-state index contributed by atoms with van der Waals surface area (Å²) < 4.78 is 5.55. The van der Waals surface area contributed by atoms with Crippen LogP contribution < -0.4 is 15.8 Å². The molecule has 0 bridgehead atoms. The Labute approximate surface area is 110 Å². The number of nitrogens with two attached hydrogens (primary N) is 1. The molecular formula is C15H24N2O. The van der Waals surface area contributed by atoms with Crippen molar-refractivity contribution in [2.45, 2.75) is 32.7 Å². The third-order valence-corrected chi connectivity index (χ3v) is 3.68. The van der Waals surface area contributed by atoms with Gasteiger partial charge in [0.15, 0.2) is 0 Å². The monoisotopic (exact) mass is 248 g/mol. The molecule has 1 saturated heterocycles. The molecule has 2 rings (SSSR count). The van der Waals surface area contributed by atoms with Crippen LogP contribution in [-0.2, 0) is 0 Å². The fourth-order valence-electron chi connectivity index (χ4n) is 2.63. The maximum atomic E-state index is 6.30. The van der Waals surface area contributed by atoms with Gasteiger partial charge in [0.2, 0.25) is 0 Å². The number of ether oxygens (including phenoxy) is 1.